The van der Waals surface area contributed by atoms with Crippen LogP contribution in [0.4, 0.5) is 0 Å². The Kier molecular flexibility index (Phi) is 2.49. The van der Waals surface area contributed by atoms with Gasteiger partial charge in [-0.1, -0.05) is 17.7 Å². The Morgan fingerprint density at radius 3 is 2.85 bits per heavy atom. The van der Waals surface area contributed by atoms with E-state index < -0.39 is 16.6 Å². The van der Waals surface area contributed by atoms with Crippen molar-refractivity contribution in [2.24, 2.45) is 5.92 Å². The number of aldehydes is 1. The molecule has 0 fully saturated rings. The number of carbonyl (C=O) groups is 1. The van der Waals surface area contributed by atoms with Gasteiger partial charge < -0.3 is 9.90 Å². The predicted molar refractivity (Wildman–Crippen MR) is 44.6 cm³/mol. The molecule has 2 atom stereocenters. The molecule has 0 spiro atoms. The molecule has 0 radical (unpaired) electrons. The van der Waals surface area contributed by atoms with Gasteiger partial charge >= 0.3 is 5.72 Å². The van der Waals surface area contributed by atoms with Crippen LogP contribution in [0.3, 0.4) is 0 Å². The van der Waals surface area contributed by atoms with Crippen LogP contribution in [0.1, 0.15) is 0 Å². The number of carbonyl (C=O) groups excluding carboxylic acids is 1. The van der Waals surface area contributed by atoms with Gasteiger partial charge in [0.25, 0.3) is 0 Å². The minimum atomic E-state index is -2.41. The summed E-state index contributed by atoms with van der Waals surface area (Å²) in [6.07, 6.45) is 3.67. The summed E-state index contributed by atoms with van der Waals surface area (Å²) in [5, 5.41) is 19.9. The summed E-state index contributed by atoms with van der Waals surface area (Å²) in [4.78, 5) is 19.9. The van der Waals surface area contributed by atoms with E-state index in [9.17, 15) is 20.0 Å². The molecule has 0 heterocycles. The summed E-state index contributed by atoms with van der Waals surface area (Å²) in [5.41, 5.74) is -2.41. The van der Waals surface area contributed by atoms with Gasteiger partial charge in [0.05, 0.1) is 4.92 Å². The van der Waals surface area contributed by atoms with Crippen molar-refractivity contribution in [3.05, 3.63) is 33.4 Å². The van der Waals surface area contributed by atoms with E-state index in [1.807, 2.05) is 0 Å². The highest BCUT2D eigenvalue weighted by Gasteiger charge is 2.47. The van der Waals surface area contributed by atoms with Gasteiger partial charge in [-0.15, -0.1) is 0 Å². The van der Waals surface area contributed by atoms with Crippen LogP contribution >= 0.6 is 11.6 Å². The van der Waals surface area contributed by atoms with E-state index in [2.05, 4.69) is 0 Å². The van der Waals surface area contributed by atoms with Gasteiger partial charge in [-0.05, 0) is 6.08 Å². The maximum atomic E-state index is 10.5. The number of nitrogens with zero attached hydrogens (tertiary/aromatic N) is 1. The van der Waals surface area contributed by atoms with E-state index in [0.717, 1.165) is 6.08 Å². The van der Waals surface area contributed by atoms with E-state index >= 15 is 0 Å². The van der Waals surface area contributed by atoms with Gasteiger partial charge in [-0.25, -0.2) is 0 Å². The van der Waals surface area contributed by atoms with Crippen molar-refractivity contribution < 1.29 is 14.8 Å². The monoisotopic (exact) mass is 203 g/mol. The molecule has 5 nitrogen and oxygen atoms in total. The molecule has 0 aliphatic heterocycles. The molecule has 1 N–H and O–H groups in total. The normalized spacial score (nSPS) is 32.5. The first-order chi connectivity index (χ1) is 6.00. The third kappa shape index (κ3) is 1.61. The second kappa shape index (κ2) is 3.27. The molecule has 0 aromatic carbocycles. The van der Waals surface area contributed by atoms with E-state index in [-0.39, 0.29) is 5.03 Å². The molecular weight excluding hydrogens is 198 g/mol. The molecule has 0 amide bonds. The molecular formula is C7H6ClNO4. The van der Waals surface area contributed by atoms with Crippen LogP contribution in [-0.4, -0.2) is 22.0 Å². The number of rotatable bonds is 2. The zero-order valence-electron chi connectivity index (χ0n) is 6.38. The first kappa shape index (κ1) is 9.88. The van der Waals surface area contributed by atoms with Crippen molar-refractivity contribution in [1.29, 1.82) is 0 Å². The van der Waals surface area contributed by atoms with E-state index in [1.54, 1.807) is 0 Å². The largest absolute Gasteiger partial charge is 0.356 e. The van der Waals surface area contributed by atoms with Crippen LogP contribution in [-0.2, 0) is 4.79 Å². The first-order valence-corrected chi connectivity index (χ1v) is 3.77. The molecule has 0 saturated heterocycles. The lowest BCUT2D eigenvalue weighted by molar-refractivity contribution is -0.613. The third-order valence-electron chi connectivity index (χ3n) is 1.74. The lowest BCUT2D eigenvalue weighted by Crippen LogP contribution is -2.45. The Hall–Kier alpha value is -1.20. The lowest BCUT2D eigenvalue weighted by Gasteiger charge is -2.21. The van der Waals surface area contributed by atoms with Crippen molar-refractivity contribution in [2.75, 3.05) is 0 Å². The SMILES string of the molecule is O=CC1C=CC(Cl)=CC1(O)[N+](=O)[O-]. The fourth-order valence-corrected chi connectivity index (χ4v) is 1.24. The molecule has 0 saturated carbocycles. The number of halogens is 1. The van der Waals surface area contributed by atoms with Gasteiger partial charge in [-0.2, -0.15) is 0 Å². The fraction of sp³-hybridized carbons (Fsp3) is 0.286. The summed E-state index contributed by atoms with van der Waals surface area (Å²) in [5.74, 6) is -1.19. The van der Waals surface area contributed by atoms with Crippen molar-refractivity contribution >= 4 is 17.9 Å². The Bertz CT molecular complexity index is 312. The highest BCUT2D eigenvalue weighted by molar-refractivity contribution is 6.31. The second-order valence-electron chi connectivity index (χ2n) is 2.59. The summed E-state index contributed by atoms with van der Waals surface area (Å²) in [6, 6.07) is 0. The number of hydrogen-bond donors (Lipinski definition) is 1. The molecule has 1 aliphatic carbocycles. The summed E-state index contributed by atoms with van der Waals surface area (Å²) < 4.78 is 0. The topological polar surface area (TPSA) is 80.4 Å². The van der Waals surface area contributed by atoms with Gasteiger partial charge in [0.1, 0.15) is 12.2 Å². The molecule has 1 aliphatic rings. The van der Waals surface area contributed by atoms with Crippen molar-refractivity contribution in [1.82, 2.24) is 0 Å². The molecule has 2 unspecified atom stereocenters. The molecule has 1 rings (SSSR count). The highest BCUT2D eigenvalue weighted by Crippen LogP contribution is 2.27. The average molecular weight is 204 g/mol. The van der Waals surface area contributed by atoms with Gasteiger partial charge in [0.2, 0.25) is 0 Å². The van der Waals surface area contributed by atoms with Crippen molar-refractivity contribution in [3.8, 4) is 0 Å². The van der Waals surface area contributed by atoms with Crippen LogP contribution in [0.25, 0.3) is 0 Å². The number of allylic oxidation sites excluding steroid dienone is 2. The van der Waals surface area contributed by atoms with Crippen LogP contribution in [0.15, 0.2) is 23.3 Å². The van der Waals surface area contributed by atoms with Crippen LogP contribution < -0.4 is 0 Å². The van der Waals surface area contributed by atoms with E-state index in [1.165, 1.54) is 12.2 Å². The highest BCUT2D eigenvalue weighted by atomic mass is 35.5. The standard InChI is InChI=1S/C7H6ClNO4/c8-6-2-1-5(4-10)7(11,3-6)9(12)13/h1-5,11H. The van der Waals surface area contributed by atoms with Gasteiger partial charge in [-0.3, -0.25) is 10.1 Å². The Balaban J connectivity index is 3.12. The maximum Gasteiger partial charge on any atom is 0.356 e. The lowest BCUT2D eigenvalue weighted by atomic mass is 9.93. The predicted octanol–water partition coefficient (Wildman–Crippen LogP) is 0.459. The minimum absolute atomic E-state index is 0.0392. The Labute approximate surface area is 78.5 Å². The molecule has 70 valence electrons. The zero-order valence-corrected chi connectivity index (χ0v) is 7.14. The van der Waals surface area contributed by atoms with Crippen molar-refractivity contribution in [2.45, 2.75) is 5.72 Å². The quantitative estimate of drug-likeness (QED) is 0.306. The fourth-order valence-electron chi connectivity index (χ4n) is 1.00. The first-order valence-electron chi connectivity index (χ1n) is 3.39. The second-order valence-corrected chi connectivity index (χ2v) is 3.03. The maximum absolute atomic E-state index is 10.5. The average Bonchev–Trinajstić information content (AvgIpc) is 2.04. The van der Waals surface area contributed by atoms with Crippen LogP contribution in [0.5, 0.6) is 0 Å². The third-order valence-corrected chi connectivity index (χ3v) is 1.98. The van der Waals surface area contributed by atoms with E-state index in [4.69, 9.17) is 11.6 Å². The van der Waals surface area contributed by atoms with E-state index in [0.29, 0.717) is 6.29 Å². The minimum Gasteiger partial charge on any atom is -0.326 e. The summed E-state index contributed by atoms with van der Waals surface area (Å²) >= 11 is 5.46. The Morgan fingerprint density at radius 1 is 1.77 bits per heavy atom. The van der Waals surface area contributed by atoms with Crippen LogP contribution in [0.2, 0.25) is 0 Å². The number of aliphatic hydroxyl groups is 1. The molecule has 0 aromatic heterocycles. The summed E-state index contributed by atoms with van der Waals surface area (Å²) in [6.45, 7) is 0. The molecule has 6 heteroatoms. The van der Waals surface area contributed by atoms with Gasteiger partial charge in [0.15, 0.2) is 0 Å². The van der Waals surface area contributed by atoms with Gasteiger partial charge in [0, 0.05) is 11.1 Å². The number of hydrogen-bond acceptors (Lipinski definition) is 4. The number of nitro groups is 1. The molecule has 0 aromatic rings. The van der Waals surface area contributed by atoms with Crippen molar-refractivity contribution in [3.63, 3.8) is 0 Å². The molecule has 0 bridgehead atoms. The zero-order chi connectivity index (χ0) is 10.1. The Morgan fingerprint density at radius 2 is 2.38 bits per heavy atom. The summed E-state index contributed by atoms with van der Waals surface area (Å²) in [7, 11) is 0. The van der Waals surface area contributed by atoms with Crippen LogP contribution in [0, 0.1) is 16.0 Å². The molecule has 13 heavy (non-hydrogen) atoms. The smallest absolute Gasteiger partial charge is 0.326 e.